The average Bonchev–Trinajstić information content (AvgIpc) is 2.81. The highest BCUT2D eigenvalue weighted by Crippen LogP contribution is 2.25. The van der Waals surface area contributed by atoms with E-state index < -0.39 is 0 Å². The van der Waals surface area contributed by atoms with E-state index in [0.717, 1.165) is 24.0 Å². The number of hydrogen-bond donors (Lipinski definition) is 2. The fraction of sp³-hybridized carbons (Fsp3) is 0.733. The van der Waals surface area contributed by atoms with Gasteiger partial charge in [0.25, 0.3) is 0 Å². The van der Waals surface area contributed by atoms with Crippen molar-refractivity contribution < 1.29 is 0 Å². The fourth-order valence-corrected chi connectivity index (χ4v) is 2.41. The first kappa shape index (κ1) is 14.1. The summed E-state index contributed by atoms with van der Waals surface area (Å²) >= 11 is 0. The molecule has 19 heavy (non-hydrogen) atoms. The second kappa shape index (κ2) is 5.76. The Kier molecular flexibility index (Phi) is 4.27. The van der Waals surface area contributed by atoms with E-state index in [4.69, 9.17) is 0 Å². The Hall–Kier alpha value is -1.32. The maximum Gasteiger partial charge on any atom is 0.138 e. The molecule has 2 rings (SSSR count). The Morgan fingerprint density at radius 1 is 1.16 bits per heavy atom. The summed E-state index contributed by atoms with van der Waals surface area (Å²) in [6, 6.07) is 2.61. The van der Waals surface area contributed by atoms with Crippen molar-refractivity contribution in [2.24, 2.45) is 0 Å². The van der Waals surface area contributed by atoms with Crippen LogP contribution in [0.1, 0.15) is 59.2 Å². The van der Waals surface area contributed by atoms with Crippen molar-refractivity contribution in [3.05, 3.63) is 11.9 Å². The van der Waals surface area contributed by atoms with Crippen LogP contribution in [0.15, 0.2) is 6.07 Å². The molecule has 0 bridgehead atoms. The molecule has 4 nitrogen and oxygen atoms in total. The SMILES string of the molecule is CCNc1cc(NC2CCCC2)nc(C(C)(C)C)n1. The highest BCUT2D eigenvalue weighted by atomic mass is 15.1. The van der Waals surface area contributed by atoms with Crippen molar-refractivity contribution in [2.45, 2.75) is 64.8 Å². The van der Waals surface area contributed by atoms with Crippen LogP contribution in [-0.4, -0.2) is 22.6 Å². The van der Waals surface area contributed by atoms with E-state index in [1.54, 1.807) is 0 Å². The summed E-state index contributed by atoms with van der Waals surface area (Å²) in [5.41, 5.74) is -0.0302. The topological polar surface area (TPSA) is 49.8 Å². The lowest BCUT2D eigenvalue weighted by Gasteiger charge is -2.20. The first-order chi connectivity index (χ1) is 8.99. The molecule has 4 heteroatoms. The molecule has 106 valence electrons. The molecule has 1 aliphatic rings. The third-order valence-electron chi connectivity index (χ3n) is 3.46. The molecule has 0 unspecified atom stereocenters. The van der Waals surface area contributed by atoms with Gasteiger partial charge in [-0.15, -0.1) is 0 Å². The van der Waals surface area contributed by atoms with E-state index >= 15 is 0 Å². The minimum atomic E-state index is -0.0302. The molecule has 0 amide bonds. The maximum absolute atomic E-state index is 4.69. The van der Waals surface area contributed by atoms with Crippen LogP contribution < -0.4 is 10.6 Å². The molecule has 0 aromatic carbocycles. The number of aromatic nitrogens is 2. The molecular formula is C15H26N4. The van der Waals surface area contributed by atoms with Crippen molar-refractivity contribution in [1.82, 2.24) is 9.97 Å². The van der Waals surface area contributed by atoms with Gasteiger partial charge < -0.3 is 10.6 Å². The van der Waals surface area contributed by atoms with Gasteiger partial charge in [0.2, 0.25) is 0 Å². The van der Waals surface area contributed by atoms with Gasteiger partial charge in [0.15, 0.2) is 0 Å². The van der Waals surface area contributed by atoms with Gasteiger partial charge in [-0.05, 0) is 19.8 Å². The van der Waals surface area contributed by atoms with E-state index in [0.29, 0.717) is 6.04 Å². The molecular weight excluding hydrogens is 236 g/mol. The third kappa shape index (κ3) is 3.82. The Morgan fingerprint density at radius 2 is 1.79 bits per heavy atom. The van der Waals surface area contributed by atoms with Gasteiger partial charge in [-0.3, -0.25) is 0 Å². The zero-order valence-electron chi connectivity index (χ0n) is 12.6. The number of nitrogens with zero attached hydrogens (tertiary/aromatic N) is 2. The summed E-state index contributed by atoms with van der Waals surface area (Å²) < 4.78 is 0. The van der Waals surface area contributed by atoms with E-state index in [1.807, 2.05) is 6.07 Å². The minimum absolute atomic E-state index is 0.0302. The van der Waals surface area contributed by atoms with E-state index in [1.165, 1.54) is 25.7 Å². The molecule has 1 fully saturated rings. The van der Waals surface area contributed by atoms with Gasteiger partial charge in [-0.25, -0.2) is 9.97 Å². The smallest absolute Gasteiger partial charge is 0.138 e. The van der Waals surface area contributed by atoms with E-state index in [-0.39, 0.29) is 5.41 Å². The fourth-order valence-electron chi connectivity index (χ4n) is 2.41. The van der Waals surface area contributed by atoms with Gasteiger partial charge in [-0.1, -0.05) is 33.6 Å². The van der Waals surface area contributed by atoms with Crippen LogP contribution in [0.2, 0.25) is 0 Å². The Labute approximate surface area is 116 Å². The highest BCUT2D eigenvalue weighted by molar-refractivity contribution is 5.48. The van der Waals surface area contributed by atoms with Gasteiger partial charge >= 0.3 is 0 Å². The lowest BCUT2D eigenvalue weighted by molar-refractivity contribution is 0.546. The number of anilines is 2. The Balaban J connectivity index is 2.22. The monoisotopic (exact) mass is 262 g/mol. The number of nitrogens with one attached hydrogen (secondary N) is 2. The average molecular weight is 262 g/mol. The standard InChI is InChI=1S/C15H26N4/c1-5-16-12-10-13(17-11-8-6-7-9-11)19-14(18-12)15(2,3)4/h10-11H,5-9H2,1-4H3,(H2,16,17,18,19). The maximum atomic E-state index is 4.69. The zero-order chi connectivity index (χ0) is 13.9. The lowest BCUT2D eigenvalue weighted by Crippen LogP contribution is -2.21. The molecule has 0 spiro atoms. The number of hydrogen-bond acceptors (Lipinski definition) is 4. The van der Waals surface area contributed by atoms with Crippen LogP contribution in [0.3, 0.4) is 0 Å². The summed E-state index contributed by atoms with van der Waals surface area (Å²) in [5.74, 6) is 2.78. The normalized spacial score (nSPS) is 16.6. The molecule has 0 saturated heterocycles. The number of rotatable bonds is 4. The highest BCUT2D eigenvalue weighted by Gasteiger charge is 2.21. The van der Waals surface area contributed by atoms with Gasteiger partial charge in [0, 0.05) is 24.1 Å². The minimum Gasteiger partial charge on any atom is -0.370 e. The molecule has 1 heterocycles. The van der Waals surface area contributed by atoms with Crippen molar-refractivity contribution in [2.75, 3.05) is 17.2 Å². The third-order valence-corrected chi connectivity index (χ3v) is 3.46. The second-order valence-corrected chi connectivity index (χ2v) is 6.37. The van der Waals surface area contributed by atoms with Crippen LogP contribution in [-0.2, 0) is 5.41 Å². The molecule has 2 N–H and O–H groups in total. The van der Waals surface area contributed by atoms with Gasteiger partial charge in [0.05, 0.1) is 0 Å². The largest absolute Gasteiger partial charge is 0.370 e. The van der Waals surface area contributed by atoms with Crippen LogP contribution in [0.25, 0.3) is 0 Å². The predicted molar refractivity (Wildman–Crippen MR) is 80.8 cm³/mol. The summed E-state index contributed by atoms with van der Waals surface area (Å²) in [6.07, 6.45) is 5.17. The van der Waals surface area contributed by atoms with Crippen LogP contribution in [0, 0.1) is 0 Å². The summed E-state index contributed by atoms with van der Waals surface area (Å²) in [5, 5.41) is 6.86. The van der Waals surface area contributed by atoms with Crippen LogP contribution in [0.5, 0.6) is 0 Å². The molecule has 0 radical (unpaired) electrons. The molecule has 1 aromatic heterocycles. The summed E-state index contributed by atoms with van der Waals surface area (Å²) in [4.78, 5) is 9.29. The quantitative estimate of drug-likeness (QED) is 0.871. The van der Waals surface area contributed by atoms with Gasteiger partial charge in [-0.2, -0.15) is 0 Å². The van der Waals surface area contributed by atoms with Crippen molar-refractivity contribution in [3.8, 4) is 0 Å². The first-order valence-electron chi connectivity index (χ1n) is 7.39. The zero-order valence-corrected chi connectivity index (χ0v) is 12.6. The second-order valence-electron chi connectivity index (χ2n) is 6.37. The Bertz CT molecular complexity index is 417. The molecule has 1 saturated carbocycles. The van der Waals surface area contributed by atoms with E-state index in [2.05, 4.69) is 48.3 Å². The molecule has 1 aliphatic carbocycles. The van der Waals surface area contributed by atoms with Crippen molar-refractivity contribution in [3.63, 3.8) is 0 Å². The summed E-state index contributed by atoms with van der Waals surface area (Å²) in [7, 11) is 0. The van der Waals surface area contributed by atoms with Crippen LogP contribution in [0.4, 0.5) is 11.6 Å². The van der Waals surface area contributed by atoms with E-state index in [9.17, 15) is 0 Å². The van der Waals surface area contributed by atoms with Crippen molar-refractivity contribution >= 4 is 11.6 Å². The van der Waals surface area contributed by atoms with Crippen LogP contribution >= 0.6 is 0 Å². The molecule has 1 aromatic rings. The first-order valence-corrected chi connectivity index (χ1v) is 7.39. The summed E-state index contributed by atoms with van der Waals surface area (Å²) in [6.45, 7) is 9.42. The van der Waals surface area contributed by atoms with Crippen molar-refractivity contribution in [1.29, 1.82) is 0 Å². The Morgan fingerprint density at radius 3 is 2.37 bits per heavy atom. The predicted octanol–water partition coefficient (Wildman–Crippen LogP) is 3.56. The molecule has 0 atom stereocenters. The molecule has 0 aliphatic heterocycles. The lowest BCUT2D eigenvalue weighted by atomic mass is 9.96. The van der Waals surface area contributed by atoms with Gasteiger partial charge in [0.1, 0.15) is 17.5 Å².